The molecule has 0 unspecified atom stereocenters. The number of nitrogens with zero attached hydrogens (tertiary/aromatic N) is 1. The SMILES string of the molecule is C=CC(=O)N(C)CCC(O)O. The number of hydrogen-bond donors (Lipinski definition) is 2. The summed E-state index contributed by atoms with van der Waals surface area (Å²) in [4.78, 5) is 12.1. The molecule has 0 heterocycles. The predicted octanol–water partition coefficient (Wildman–Crippen LogP) is -0.668. The maximum atomic E-state index is 10.8. The van der Waals surface area contributed by atoms with E-state index in [0.29, 0.717) is 6.54 Å². The Bertz CT molecular complexity index is 145. The number of rotatable bonds is 4. The number of aliphatic hydroxyl groups excluding tert-OH is 1. The molecule has 0 fully saturated rings. The summed E-state index contributed by atoms with van der Waals surface area (Å²) in [7, 11) is 1.58. The van der Waals surface area contributed by atoms with E-state index in [9.17, 15) is 4.79 Å². The summed E-state index contributed by atoms with van der Waals surface area (Å²) in [6.07, 6.45) is -0.00473. The summed E-state index contributed by atoms with van der Waals surface area (Å²) in [5, 5.41) is 16.9. The van der Waals surface area contributed by atoms with Crippen LogP contribution in [0.3, 0.4) is 0 Å². The largest absolute Gasteiger partial charge is 0.368 e. The van der Waals surface area contributed by atoms with E-state index in [0.717, 1.165) is 0 Å². The molecule has 0 rings (SSSR count). The first-order valence-electron chi connectivity index (χ1n) is 3.31. The predicted molar refractivity (Wildman–Crippen MR) is 40.7 cm³/mol. The second-order valence-electron chi connectivity index (χ2n) is 2.23. The van der Waals surface area contributed by atoms with E-state index < -0.39 is 6.29 Å². The smallest absolute Gasteiger partial charge is 0.245 e. The van der Waals surface area contributed by atoms with E-state index in [-0.39, 0.29) is 12.3 Å². The van der Waals surface area contributed by atoms with Crippen LogP contribution in [0, 0.1) is 0 Å². The molecular weight excluding hydrogens is 146 g/mol. The van der Waals surface area contributed by atoms with Crippen LogP contribution in [-0.4, -0.2) is 40.9 Å². The van der Waals surface area contributed by atoms with Gasteiger partial charge in [-0.05, 0) is 6.08 Å². The summed E-state index contributed by atoms with van der Waals surface area (Å²) < 4.78 is 0. The van der Waals surface area contributed by atoms with Gasteiger partial charge in [0.15, 0.2) is 6.29 Å². The Labute approximate surface area is 65.7 Å². The monoisotopic (exact) mass is 159 g/mol. The second-order valence-corrected chi connectivity index (χ2v) is 2.23. The fraction of sp³-hybridized carbons (Fsp3) is 0.571. The number of aliphatic hydroxyl groups is 2. The van der Waals surface area contributed by atoms with Crippen LogP contribution in [0.25, 0.3) is 0 Å². The van der Waals surface area contributed by atoms with Crippen molar-refractivity contribution in [2.75, 3.05) is 13.6 Å². The van der Waals surface area contributed by atoms with Gasteiger partial charge >= 0.3 is 0 Å². The van der Waals surface area contributed by atoms with Crippen LogP contribution >= 0.6 is 0 Å². The van der Waals surface area contributed by atoms with Crippen LogP contribution in [0.1, 0.15) is 6.42 Å². The summed E-state index contributed by atoms with van der Waals surface area (Å²) in [6, 6.07) is 0. The zero-order valence-corrected chi connectivity index (χ0v) is 6.53. The Morgan fingerprint density at radius 1 is 1.73 bits per heavy atom. The summed E-state index contributed by atoms with van der Waals surface area (Å²) in [5.41, 5.74) is 0. The van der Waals surface area contributed by atoms with Gasteiger partial charge in [-0.15, -0.1) is 0 Å². The van der Waals surface area contributed by atoms with E-state index >= 15 is 0 Å². The average Bonchev–Trinajstić information content (AvgIpc) is 1.98. The number of carbonyl (C=O) groups excluding carboxylic acids is 1. The molecule has 11 heavy (non-hydrogen) atoms. The van der Waals surface area contributed by atoms with E-state index in [1.54, 1.807) is 7.05 Å². The Kier molecular flexibility index (Phi) is 4.49. The Balaban J connectivity index is 3.60. The standard InChI is InChI=1S/C7H13NO3/c1-3-6(9)8(2)5-4-7(10)11/h3,7,10-11H,1,4-5H2,2H3. The molecule has 2 N–H and O–H groups in total. The third kappa shape index (κ3) is 4.52. The van der Waals surface area contributed by atoms with Crippen molar-refractivity contribution in [3.05, 3.63) is 12.7 Å². The molecule has 1 amide bonds. The summed E-state index contributed by atoms with van der Waals surface area (Å²) in [5.74, 6) is -0.217. The Morgan fingerprint density at radius 2 is 2.27 bits per heavy atom. The molecule has 64 valence electrons. The Hall–Kier alpha value is -0.870. The molecule has 4 heteroatoms. The Morgan fingerprint density at radius 3 is 2.64 bits per heavy atom. The van der Waals surface area contributed by atoms with Gasteiger partial charge in [0, 0.05) is 20.0 Å². The molecule has 0 aliphatic rings. The maximum Gasteiger partial charge on any atom is 0.245 e. The van der Waals surface area contributed by atoms with Gasteiger partial charge in [-0.2, -0.15) is 0 Å². The molecule has 0 saturated carbocycles. The van der Waals surface area contributed by atoms with Crippen molar-refractivity contribution in [2.24, 2.45) is 0 Å². The highest BCUT2D eigenvalue weighted by Gasteiger charge is 2.05. The minimum Gasteiger partial charge on any atom is -0.368 e. The highest BCUT2D eigenvalue weighted by Crippen LogP contribution is 1.91. The molecule has 0 aromatic heterocycles. The molecule has 0 bridgehead atoms. The normalized spacial score (nSPS) is 9.82. The number of carbonyl (C=O) groups is 1. The lowest BCUT2D eigenvalue weighted by Gasteiger charge is -2.14. The second kappa shape index (κ2) is 4.87. The first-order valence-corrected chi connectivity index (χ1v) is 3.31. The van der Waals surface area contributed by atoms with Crippen molar-refractivity contribution in [3.8, 4) is 0 Å². The van der Waals surface area contributed by atoms with Gasteiger partial charge in [0.1, 0.15) is 0 Å². The lowest BCUT2D eigenvalue weighted by atomic mass is 10.4. The van der Waals surface area contributed by atoms with Crippen molar-refractivity contribution < 1.29 is 15.0 Å². The summed E-state index contributed by atoms with van der Waals surface area (Å²) in [6.45, 7) is 3.61. The fourth-order valence-electron chi connectivity index (χ4n) is 0.575. The highest BCUT2D eigenvalue weighted by molar-refractivity contribution is 5.86. The van der Waals surface area contributed by atoms with Crippen molar-refractivity contribution in [3.63, 3.8) is 0 Å². The zero-order valence-electron chi connectivity index (χ0n) is 6.53. The van der Waals surface area contributed by atoms with Gasteiger partial charge in [0.05, 0.1) is 0 Å². The van der Waals surface area contributed by atoms with Crippen LogP contribution < -0.4 is 0 Å². The number of amides is 1. The van der Waals surface area contributed by atoms with Gasteiger partial charge < -0.3 is 15.1 Å². The highest BCUT2D eigenvalue weighted by atomic mass is 16.5. The molecule has 0 aliphatic heterocycles. The van der Waals surface area contributed by atoms with Gasteiger partial charge in [-0.25, -0.2) is 0 Å². The van der Waals surface area contributed by atoms with Gasteiger partial charge in [-0.3, -0.25) is 4.79 Å². The zero-order chi connectivity index (χ0) is 8.85. The van der Waals surface area contributed by atoms with Crippen LogP contribution in [0.4, 0.5) is 0 Å². The van der Waals surface area contributed by atoms with Crippen molar-refractivity contribution in [1.29, 1.82) is 0 Å². The maximum absolute atomic E-state index is 10.8. The first-order chi connectivity index (χ1) is 5.07. The van der Waals surface area contributed by atoms with E-state index in [1.165, 1.54) is 11.0 Å². The van der Waals surface area contributed by atoms with E-state index in [4.69, 9.17) is 10.2 Å². The first kappa shape index (κ1) is 10.1. The average molecular weight is 159 g/mol. The molecule has 0 aromatic carbocycles. The minimum absolute atomic E-state index is 0.163. The van der Waals surface area contributed by atoms with Gasteiger partial charge in [-0.1, -0.05) is 6.58 Å². The molecule has 0 spiro atoms. The minimum atomic E-state index is -1.35. The van der Waals surface area contributed by atoms with Crippen LogP contribution in [0.15, 0.2) is 12.7 Å². The van der Waals surface area contributed by atoms with Gasteiger partial charge in [0.2, 0.25) is 5.91 Å². The molecule has 0 saturated heterocycles. The molecule has 0 aromatic rings. The molecule has 0 aliphatic carbocycles. The molecule has 4 nitrogen and oxygen atoms in total. The fourth-order valence-corrected chi connectivity index (χ4v) is 0.575. The number of likely N-dealkylation sites (N-methyl/N-ethyl adjacent to an activating group) is 1. The molecule has 0 radical (unpaired) electrons. The number of hydrogen-bond acceptors (Lipinski definition) is 3. The van der Waals surface area contributed by atoms with Crippen molar-refractivity contribution >= 4 is 5.91 Å². The lowest BCUT2D eigenvalue weighted by molar-refractivity contribution is -0.125. The van der Waals surface area contributed by atoms with Gasteiger partial charge in [0.25, 0.3) is 0 Å². The quantitative estimate of drug-likeness (QED) is 0.422. The van der Waals surface area contributed by atoms with Crippen LogP contribution in [-0.2, 0) is 4.79 Å². The lowest BCUT2D eigenvalue weighted by Crippen LogP contribution is -2.28. The molecule has 0 atom stereocenters. The summed E-state index contributed by atoms with van der Waals surface area (Å²) >= 11 is 0. The third-order valence-corrected chi connectivity index (χ3v) is 1.27. The van der Waals surface area contributed by atoms with E-state index in [2.05, 4.69) is 6.58 Å². The van der Waals surface area contributed by atoms with Crippen molar-refractivity contribution in [1.82, 2.24) is 4.90 Å². The van der Waals surface area contributed by atoms with Crippen molar-refractivity contribution in [2.45, 2.75) is 12.7 Å². The van der Waals surface area contributed by atoms with E-state index in [1.807, 2.05) is 0 Å². The van der Waals surface area contributed by atoms with Crippen LogP contribution in [0.5, 0.6) is 0 Å². The molecular formula is C7H13NO3. The topological polar surface area (TPSA) is 60.8 Å². The van der Waals surface area contributed by atoms with Crippen LogP contribution in [0.2, 0.25) is 0 Å². The third-order valence-electron chi connectivity index (χ3n) is 1.27.